The third-order valence-electron chi connectivity index (χ3n) is 3.70. The summed E-state index contributed by atoms with van der Waals surface area (Å²) in [5.74, 6) is 3.02. The lowest BCUT2D eigenvalue weighted by Gasteiger charge is -2.11. The van der Waals surface area contributed by atoms with Crippen LogP contribution in [-0.4, -0.2) is 39.4 Å². The van der Waals surface area contributed by atoms with Crippen molar-refractivity contribution >= 4 is 29.2 Å². The first-order chi connectivity index (χ1) is 13.1. The van der Waals surface area contributed by atoms with Crippen molar-refractivity contribution in [2.24, 2.45) is 5.10 Å². The van der Waals surface area contributed by atoms with E-state index in [1.165, 1.54) is 0 Å². The Kier molecular flexibility index (Phi) is 5.82. The van der Waals surface area contributed by atoms with Gasteiger partial charge in [0.2, 0.25) is 12.5 Å². The van der Waals surface area contributed by atoms with Crippen molar-refractivity contribution in [3.63, 3.8) is 0 Å². The molecular formula is C18H19N3O5S. The lowest BCUT2D eigenvalue weighted by Crippen LogP contribution is -2.23. The molecule has 2 aromatic carbocycles. The van der Waals surface area contributed by atoms with Gasteiger partial charge in [-0.2, -0.15) is 5.10 Å². The van der Waals surface area contributed by atoms with Gasteiger partial charge in [-0.3, -0.25) is 5.43 Å². The summed E-state index contributed by atoms with van der Waals surface area (Å²) in [7, 11) is 4.72. The summed E-state index contributed by atoms with van der Waals surface area (Å²) < 4.78 is 26.5. The van der Waals surface area contributed by atoms with E-state index in [0.717, 1.165) is 11.3 Å². The highest BCUT2D eigenvalue weighted by atomic mass is 32.1. The van der Waals surface area contributed by atoms with E-state index in [4.69, 9.17) is 35.9 Å². The van der Waals surface area contributed by atoms with Crippen molar-refractivity contribution < 1.29 is 23.7 Å². The monoisotopic (exact) mass is 389 g/mol. The van der Waals surface area contributed by atoms with Crippen molar-refractivity contribution in [3.05, 3.63) is 35.9 Å². The Bertz CT molecular complexity index is 872. The number of hydrogen-bond donors (Lipinski definition) is 2. The van der Waals surface area contributed by atoms with Crippen LogP contribution in [0.1, 0.15) is 5.56 Å². The fourth-order valence-electron chi connectivity index (χ4n) is 2.46. The first-order valence-corrected chi connectivity index (χ1v) is 8.35. The van der Waals surface area contributed by atoms with Gasteiger partial charge in [0.25, 0.3) is 0 Å². The molecule has 0 spiro atoms. The molecule has 142 valence electrons. The Balaban J connectivity index is 1.62. The molecular weight excluding hydrogens is 370 g/mol. The van der Waals surface area contributed by atoms with Crippen LogP contribution in [0.3, 0.4) is 0 Å². The van der Waals surface area contributed by atoms with Crippen LogP contribution in [0.4, 0.5) is 5.69 Å². The van der Waals surface area contributed by atoms with Gasteiger partial charge in [0.1, 0.15) is 0 Å². The van der Waals surface area contributed by atoms with Crippen molar-refractivity contribution in [2.75, 3.05) is 33.4 Å². The number of ether oxygens (including phenoxy) is 5. The number of thiocarbonyl (C=S) groups is 1. The minimum absolute atomic E-state index is 0.171. The van der Waals surface area contributed by atoms with Crippen molar-refractivity contribution in [1.82, 2.24) is 5.43 Å². The predicted octanol–water partition coefficient (Wildman–Crippen LogP) is 2.76. The molecule has 0 aromatic heterocycles. The molecule has 0 radical (unpaired) electrons. The number of benzene rings is 2. The van der Waals surface area contributed by atoms with Crippen LogP contribution < -0.4 is 34.4 Å². The normalized spacial score (nSPS) is 12.0. The Morgan fingerprint density at radius 2 is 1.81 bits per heavy atom. The van der Waals surface area contributed by atoms with Crippen LogP contribution in [0.25, 0.3) is 0 Å². The van der Waals surface area contributed by atoms with E-state index in [0.29, 0.717) is 33.9 Å². The van der Waals surface area contributed by atoms with E-state index < -0.39 is 0 Å². The van der Waals surface area contributed by atoms with Gasteiger partial charge in [-0.1, -0.05) is 0 Å². The second-order valence-electron chi connectivity index (χ2n) is 5.35. The van der Waals surface area contributed by atoms with Crippen LogP contribution in [0.15, 0.2) is 35.4 Å². The number of nitrogens with one attached hydrogen (secondary N) is 2. The fourth-order valence-corrected chi connectivity index (χ4v) is 2.63. The molecule has 0 unspecified atom stereocenters. The third-order valence-corrected chi connectivity index (χ3v) is 3.90. The standard InChI is InChI=1S/C18H19N3O5S/c1-22-13-5-4-12(8-14(13)23-2)20-18(27)21-19-9-11-6-15(24-3)17-16(7-11)25-10-26-17/h4-9H,10H2,1-3H3,(H2,20,21,27)/b19-9-. The molecule has 9 heteroatoms. The molecule has 27 heavy (non-hydrogen) atoms. The van der Waals surface area contributed by atoms with E-state index in [1.54, 1.807) is 51.8 Å². The molecule has 0 saturated carbocycles. The highest BCUT2D eigenvalue weighted by molar-refractivity contribution is 7.80. The average molecular weight is 389 g/mol. The summed E-state index contributed by atoms with van der Waals surface area (Å²) in [5.41, 5.74) is 4.27. The summed E-state index contributed by atoms with van der Waals surface area (Å²) in [6, 6.07) is 8.98. The van der Waals surface area contributed by atoms with Gasteiger partial charge in [0.05, 0.1) is 27.5 Å². The minimum Gasteiger partial charge on any atom is -0.493 e. The van der Waals surface area contributed by atoms with E-state index in [9.17, 15) is 0 Å². The second-order valence-corrected chi connectivity index (χ2v) is 5.76. The molecule has 3 rings (SSSR count). The Morgan fingerprint density at radius 3 is 2.56 bits per heavy atom. The SMILES string of the molecule is COc1ccc(NC(=S)N/N=C\c2cc(OC)c3c(c2)OCO3)cc1OC. The molecule has 0 amide bonds. The number of rotatable bonds is 6. The summed E-state index contributed by atoms with van der Waals surface area (Å²) in [5, 5.41) is 7.47. The molecule has 0 fully saturated rings. The zero-order valence-electron chi connectivity index (χ0n) is 15.1. The molecule has 0 bridgehead atoms. The summed E-state index contributed by atoms with van der Waals surface area (Å²) in [4.78, 5) is 0. The number of nitrogens with zero attached hydrogens (tertiary/aromatic N) is 1. The topological polar surface area (TPSA) is 82.6 Å². The van der Waals surface area contributed by atoms with Gasteiger partial charge in [-0.05, 0) is 36.5 Å². The number of hydrogen-bond acceptors (Lipinski definition) is 7. The van der Waals surface area contributed by atoms with Crippen molar-refractivity contribution in [3.8, 4) is 28.7 Å². The molecule has 0 saturated heterocycles. The molecule has 1 aliphatic heterocycles. The lowest BCUT2D eigenvalue weighted by atomic mass is 10.2. The maximum absolute atomic E-state index is 5.38. The predicted molar refractivity (Wildman–Crippen MR) is 106 cm³/mol. The van der Waals surface area contributed by atoms with E-state index in [1.807, 2.05) is 6.07 Å². The lowest BCUT2D eigenvalue weighted by molar-refractivity contribution is 0.171. The van der Waals surface area contributed by atoms with Crippen molar-refractivity contribution in [2.45, 2.75) is 0 Å². The Hall–Kier alpha value is -3.20. The molecule has 2 N–H and O–H groups in total. The number of anilines is 1. The van der Waals surface area contributed by atoms with Gasteiger partial charge >= 0.3 is 0 Å². The molecule has 1 heterocycles. The van der Waals surface area contributed by atoms with E-state index >= 15 is 0 Å². The van der Waals surface area contributed by atoms with Crippen LogP contribution in [0, 0.1) is 0 Å². The number of hydrazone groups is 1. The quantitative estimate of drug-likeness (QED) is 0.443. The van der Waals surface area contributed by atoms with E-state index in [2.05, 4.69) is 15.8 Å². The fraction of sp³-hybridized carbons (Fsp3) is 0.222. The Morgan fingerprint density at radius 1 is 1.04 bits per heavy atom. The minimum atomic E-state index is 0.171. The Labute approximate surface area is 162 Å². The first kappa shape index (κ1) is 18.6. The van der Waals surface area contributed by atoms with Crippen LogP contribution in [-0.2, 0) is 0 Å². The van der Waals surface area contributed by atoms with Crippen molar-refractivity contribution in [1.29, 1.82) is 0 Å². The first-order valence-electron chi connectivity index (χ1n) is 7.94. The molecule has 2 aromatic rings. The smallest absolute Gasteiger partial charge is 0.231 e. The third kappa shape index (κ3) is 4.32. The van der Waals surface area contributed by atoms with Crippen LogP contribution in [0.2, 0.25) is 0 Å². The van der Waals surface area contributed by atoms with Gasteiger partial charge in [0.15, 0.2) is 28.1 Å². The average Bonchev–Trinajstić information content (AvgIpc) is 3.15. The van der Waals surface area contributed by atoms with Gasteiger partial charge in [0, 0.05) is 17.3 Å². The molecule has 1 aliphatic rings. The summed E-state index contributed by atoms with van der Waals surface area (Å²) >= 11 is 5.24. The summed E-state index contributed by atoms with van der Waals surface area (Å²) in [6.07, 6.45) is 1.60. The highest BCUT2D eigenvalue weighted by Crippen LogP contribution is 2.41. The highest BCUT2D eigenvalue weighted by Gasteiger charge is 2.19. The maximum atomic E-state index is 5.38. The molecule has 0 atom stereocenters. The van der Waals surface area contributed by atoms with Crippen LogP contribution >= 0.6 is 12.2 Å². The number of methoxy groups -OCH3 is 3. The van der Waals surface area contributed by atoms with Gasteiger partial charge in [-0.15, -0.1) is 0 Å². The van der Waals surface area contributed by atoms with E-state index in [-0.39, 0.29) is 6.79 Å². The second kappa shape index (κ2) is 8.45. The van der Waals surface area contributed by atoms with Gasteiger partial charge < -0.3 is 29.0 Å². The largest absolute Gasteiger partial charge is 0.493 e. The molecule has 8 nitrogen and oxygen atoms in total. The zero-order chi connectivity index (χ0) is 19.2. The van der Waals surface area contributed by atoms with Gasteiger partial charge in [-0.25, -0.2) is 0 Å². The molecule has 0 aliphatic carbocycles. The maximum Gasteiger partial charge on any atom is 0.231 e. The number of fused-ring (bicyclic) bond motifs is 1. The zero-order valence-corrected chi connectivity index (χ0v) is 15.9. The van der Waals surface area contributed by atoms with Crippen LogP contribution in [0.5, 0.6) is 28.7 Å². The summed E-state index contributed by atoms with van der Waals surface area (Å²) in [6.45, 7) is 0.171.